The van der Waals surface area contributed by atoms with Crippen LogP contribution in [0.3, 0.4) is 0 Å². The number of rotatable bonds is 7. The number of carbonyl (C=O) groups is 2. The predicted octanol–water partition coefficient (Wildman–Crippen LogP) is 0.460. The Balaban J connectivity index is 1.55. The van der Waals surface area contributed by atoms with Gasteiger partial charge in [0.25, 0.3) is 11.8 Å². The van der Waals surface area contributed by atoms with Crippen molar-refractivity contribution in [2.45, 2.75) is 4.90 Å². The van der Waals surface area contributed by atoms with E-state index in [1.54, 1.807) is 6.07 Å². The SMILES string of the molecule is O=C(NCCNC(=O)c1ccco1)c1cccc(S(=O)(=O)N2CCOCC2)c1. The summed E-state index contributed by atoms with van der Waals surface area (Å²) in [5.41, 5.74) is 0.228. The van der Waals surface area contributed by atoms with Gasteiger partial charge < -0.3 is 19.8 Å². The van der Waals surface area contributed by atoms with Crippen molar-refractivity contribution in [1.29, 1.82) is 0 Å². The van der Waals surface area contributed by atoms with E-state index in [1.807, 2.05) is 0 Å². The van der Waals surface area contributed by atoms with Gasteiger partial charge in [0.15, 0.2) is 5.76 Å². The number of hydrogen-bond acceptors (Lipinski definition) is 6. The van der Waals surface area contributed by atoms with Crippen molar-refractivity contribution in [2.24, 2.45) is 0 Å². The molecule has 0 bridgehead atoms. The number of benzene rings is 1. The molecule has 1 aliphatic rings. The van der Waals surface area contributed by atoms with E-state index in [0.29, 0.717) is 13.2 Å². The highest BCUT2D eigenvalue weighted by Gasteiger charge is 2.26. The molecule has 9 nitrogen and oxygen atoms in total. The highest BCUT2D eigenvalue weighted by Crippen LogP contribution is 2.18. The van der Waals surface area contributed by atoms with Crippen LogP contribution >= 0.6 is 0 Å². The normalized spacial score (nSPS) is 15.1. The number of furan rings is 1. The van der Waals surface area contributed by atoms with Crippen LogP contribution in [0.5, 0.6) is 0 Å². The highest BCUT2D eigenvalue weighted by atomic mass is 32.2. The second-order valence-electron chi connectivity index (χ2n) is 6.03. The van der Waals surface area contributed by atoms with Crippen molar-refractivity contribution < 1.29 is 27.2 Å². The molecule has 2 heterocycles. The number of hydrogen-bond donors (Lipinski definition) is 2. The largest absolute Gasteiger partial charge is 0.459 e. The number of nitrogens with zero attached hydrogens (tertiary/aromatic N) is 1. The van der Waals surface area contributed by atoms with Gasteiger partial charge in [-0.15, -0.1) is 0 Å². The van der Waals surface area contributed by atoms with Crippen LogP contribution in [0.2, 0.25) is 0 Å². The van der Waals surface area contributed by atoms with Crippen molar-refractivity contribution in [3.63, 3.8) is 0 Å². The smallest absolute Gasteiger partial charge is 0.287 e. The monoisotopic (exact) mass is 407 g/mol. The molecule has 0 aliphatic carbocycles. The van der Waals surface area contributed by atoms with Gasteiger partial charge in [0.05, 0.1) is 24.4 Å². The Morgan fingerprint density at radius 3 is 2.39 bits per heavy atom. The molecule has 2 aromatic rings. The molecular weight excluding hydrogens is 386 g/mol. The zero-order valence-electron chi connectivity index (χ0n) is 15.1. The topological polar surface area (TPSA) is 118 Å². The highest BCUT2D eigenvalue weighted by molar-refractivity contribution is 7.89. The molecule has 0 radical (unpaired) electrons. The van der Waals surface area contributed by atoms with Crippen LogP contribution in [-0.4, -0.2) is 63.9 Å². The number of amides is 2. The molecule has 0 spiro atoms. The lowest BCUT2D eigenvalue weighted by atomic mass is 10.2. The van der Waals surface area contributed by atoms with E-state index < -0.39 is 15.9 Å². The Morgan fingerprint density at radius 2 is 1.71 bits per heavy atom. The molecule has 1 aromatic carbocycles. The summed E-state index contributed by atoms with van der Waals surface area (Å²) in [7, 11) is -3.67. The van der Waals surface area contributed by atoms with Crippen molar-refractivity contribution >= 4 is 21.8 Å². The molecule has 2 N–H and O–H groups in total. The standard InChI is InChI=1S/C18H21N3O6S/c22-17(19-6-7-20-18(23)16-5-2-10-27-16)14-3-1-4-15(13-14)28(24,25)21-8-11-26-12-9-21/h1-5,10,13H,6-9,11-12H2,(H,19,22)(H,20,23). The quantitative estimate of drug-likeness (QED) is 0.644. The number of nitrogens with one attached hydrogen (secondary N) is 2. The molecular formula is C18H21N3O6S. The maximum atomic E-state index is 12.7. The van der Waals surface area contributed by atoms with Gasteiger partial charge in [-0.25, -0.2) is 8.42 Å². The van der Waals surface area contributed by atoms with Gasteiger partial charge in [-0.3, -0.25) is 9.59 Å². The maximum Gasteiger partial charge on any atom is 0.287 e. The average molecular weight is 407 g/mol. The van der Waals surface area contributed by atoms with E-state index in [1.165, 1.54) is 40.9 Å². The third kappa shape index (κ3) is 4.77. The van der Waals surface area contributed by atoms with Gasteiger partial charge in [0.2, 0.25) is 10.0 Å². The van der Waals surface area contributed by atoms with Gasteiger partial charge >= 0.3 is 0 Å². The lowest BCUT2D eigenvalue weighted by Crippen LogP contribution is -2.40. The van der Waals surface area contributed by atoms with Crippen molar-refractivity contribution in [3.05, 3.63) is 54.0 Å². The minimum atomic E-state index is -3.67. The van der Waals surface area contributed by atoms with E-state index in [2.05, 4.69) is 10.6 Å². The van der Waals surface area contributed by atoms with E-state index in [-0.39, 0.29) is 48.3 Å². The van der Waals surface area contributed by atoms with Crippen molar-refractivity contribution in [1.82, 2.24) is 14.9 Å². The fourth-order valence-corrected chi connectivity index (χ4v) is 4.14. The van der Waals surface area contributed by atoms with Crippen molar-refractivity contribution in [3.8, 4) is 0 Å². The van der Waals surface area contributed by atoms with Gasteiger partial charge in [0, 0.05) is 31.7 Å². The molecule has 0 saturated carbocycles. The summed E-state index contributed by atoms with van der Waals surface area (Å²) >= 11 is 0. The molecule has 2 amide bonds. The molecule has 1 aliphatic heterocycles. The van der Waals surface area contributed by atoms with E-state index in [9.17, 15) is 18.0 Å². The first-order chi connectivity index (χ1) is 13.5. The second-order valence-corrected chi connectivity index (χ2v) is 7.97. The van der Waals surface area contributed by atoms with Gasteiger partial charge in [-0.05, 0) is 30.3 Å². The van der Waals surface area contributed by atoms with E-state index in [4.69, 9.17) is 9.15 Å². The minimum absolute atomic E-state index is 0.0631. The van der Waals surface area contributed by atoms with Gasteiger partial charge in [-0.1, -0.05) is 6.07 Å². The Bertz CT molecular complexity index is 921. The average Bonchev–Trinajstić information content (AvgIpc) is 3.26. The van der Waals surface area contributed by atoms with Crippen molar-refractivity contribution in [2.75, 3.05) is 39.4 Å². The molecule has 1 saturated heterocycles. The first kappa shape index (κ1) is 20.1. The molecule has 150 valence electrons. The first-order valence-electron chi connectivity index (χ1n) is 8.76. The Kier molecular flexibility index (Phi) is 6.45. The number of ether oxygens (including phenoxy) is 1. The second kappa shape index (κ2) is 9.00. The third-order valence-corrected chi connectivity index (χ3v) is 6.04. The molecule has 28 heavy (non-hydrogen) atoms. The van der Waals surface area contributed by atoms with Crippen LogP contribution in [0.1, 0.15) is 20.9 Å². The zero-order chi connectivity index (χ0) is 20.0. The molecule has 0 unspecified atom stereocenters. The summed E-state index contributed by atoms with van der Waals surface area (Å²) in [5.74, 6) is -0.614. The minimum Gasteiger partial charge on any atom is -0.459 e. The van der Waals surface area contributed by atoms with Crippen LogP contribution in [0.4, 0.5) is 0 Å². The Morgan fingerprint density at radius 1 is 1.00 bits per heavy atom. The lowest BCUT2D eigenvalue weighted by molar-refractivity contribution is 0.0730. The lowest BCUT2D eigenvalue weighted by Gasteiger charge is -2.26. The summed E-state index contributed by atoms with van der Waals surface area (Å²) in [4.78, 5) is 24.1. The van der Waals surface area contributed by atoms with Crippen LogP contribution in [-0.2, 0) is 14.8 Å². The third-order valence-electron chi connectivity index (χ3n) is 4.15. The molecule has 10 heteroatoms. The molecule has 3 rings (SSSR count). The summed E-state index contributed by atoms with van der Waals surface area (Å²) in [6.45, 7) is 1.66. The number of sulfonamides is 1. The van der Waals surface area contributed by atoms with Crippen LogP contribution in [0, 0.1) is 0 Å². The molecule has 0 atom stereocenters. The summed E-state index contributed by atoms with van der Waals surface area (Å²) in [6, 6.07) is 9.02. The Hall–Kier alpha value is -2.69. The number of morpholine rings is 1. The van der Waals surface area contributed by atoms with Crippen LogP contribution in [0.25, 0.3) is 0 Å². The summed E-state index contributed by atoms with van der Waals surface area (Å²) < 4.78 is 36.9. The van der Waals surface area contributed by atoms with Gasteiger partial charge in [0.1, 0.15) is 0 Å². The summed E-state index contributed by atoms with van der Waals surface area (Å²) in [6.07, 6.45) is 1.40. The molecule has 1 aromatic heterocycles. The summed E-state index contributed by atoms with van der Waals surface area (Å²) in [5, 5.41) is 5.25. The fraction of sp³-hybridized carbons (Fsp3) is 0.333. The van der Waals surface area contributed by atoms with Gasteiger partial charge in [-0.2, -0.15) is 4.31 Å². The molecule has 1 fully saturated rings. The fourth-order valence-electron chi connectivity index (χ4n) is 2.68. The van der Waals surface area contributed by atoms with E-state index in [0.717, 1.165) is 0 Å². The Labute approximate surface area is 162 Å². The number of carbonyl (C=O) groups excluding carboxylic acids is 2. The van der Waals surface area contributed by atoms with Crippen LogP contribution < -0.4 is 10.6 Å². The zero-order valence-corrected chi connectivity index (χ0v) is 15.9. The van der Waals surface area contributed by atoms with E-state index >= 15 is 0 Å². The first-order valence-corrected chi connectivity index (χ1v) is 10.2. The van der Waals surface area contributed by atoms with Crippen LogP contribution in [0.15, 0.2) is 52.0 Å². The predicted molar refractivity (Wildman–Crippen MR) is 99.4 cm³/mol. The maximum absolute atomic E-state index is 12.7.